The van der Waals surface area contributed by atoms with Crippen molar-refractivity contribution >= 4 is 29.4 Å². The van der Waals surface area contributed by atoms with Crippen LogP contribution in [0, 0.1) is 5.92 Å². The van der Waals surface area contributed by atoms with Crippen LogP contribution < -0.4 is 9.47 Å². The number of ether oxygens (including phenoxy) is 2. The number of carbonyl (C=O) groups excluding carboxylic acids is 2. The molecular formula is C28H33ClN2O6. The van der Waals surface area contributed by atoms with Gasteiger partial charge in [0.2, 0.25) is 11.8 Å². The Morgan fingerprint density at radius 1 is 1.08 bits per heavy atom. The van der Waals surface area contributed by atoms with Crippen LogP contribution in [0.25, 0.3) is 0 Å². The summed E-state index contributed by atoms with van der Waals surface area (Å²) in [6, 6.07) is 11.7. The highest BCUT2D eigenvalue weighted by molar-refractivity contribution is 6.30. The predicted molar refractivity (Wildman–Crippen MR) is 139 cm³/mol. The maximum Gasteiger partial charge on any atom is 0.325 e. The number of nitrogens with zero attached hydrogens (tertiary/aromatic N) is 2. The Balaban J connectivity index is 1.50. The summed E-state index contributed by atoms with van der Waals surface area (Å²) in [6.45, 7) is 1.46. The number of rotatable bonds is 12. The molecule has 2 aromatic carbocycles. The van der Waals surface area contributed by atoms with E-state index in [1.807, 2.05) is 17.0 Å². The van der Waals surface area contributed by atoms with E-state index in [-0.39, 0.29) is 37.8 Å². The van der Waals surface area contributed by atoms with Crippen molar-refractivity contribution in [2.75, 3.05) is 26.8 Å². The summed E-state index contributed by atoms with van der Waals surface area (Å²) in [4.78, 5) is 39.3. The quantitative estimate of drug-likeness (QED) is 0.399. The van der Waals surface area contributed by atoms with Crippen molar-refractivity contribution in [1.29, 1.82) is 0 Å². The zero-order valence-corrected chi connectivity index (χ0v) is 21.8. The lowest BCUT2D eigenvalue weighted by molar-refractivity contribution is -0.144. The number of carbonyl (C=O) groups is 3. The molecule has 1 N–H and O–H groups in total. The van der Waals surface area contributed by atoms with Crippen molar-refractivity contribution in [2.24, 2.45) is 5.92 Å². The smallest absolute Gasteiger partial charge is 0.325 e. The van der Waals surface area contributed by atoms with E-state index >= 15 is 0 Å². The third-order valence-electron chi connectivity index (χ3n) is 7.09. The first-order valence-corrected chi connectivity index (χ1v) is 13.1. The molecule has 198 valence electrons. The summed E-state index contributed by atoms with van der Waals surface area (Å²) in [5.74, 6) is 0.211. The van der Waals surface area contributed by atoms with Crippen molar-refractivity contribution in [2.45, 2.75) is 51.1 Å². The number of methoxy groups -OCH3 is 1. The molecule has 0 bridgehead atoms. The highest BCUT2D eigenvalue weighted by Crippen LogP contribution is 2.33. The summed E-state index contributed by atoms with van der Waals surface area (Å²) in [5, 5.41) is 10.8. The number of hydrogen-bond acceptors (Lipinski definition) is 6. The first-order valence-electron chi connectivity index (χ1n) is 12.7. The third kappa shape index (κ3) is 6.81. The second-order valence-electron chi connectivity index (χ2n) is 9.65. The monoisotopic (exact) mass is 528 g/mol. The average molecular weight is 529 g/mol. The number of benzene rings is 2. The van der Waals surface area contributed by atoms with E-state index in [4.69, 9.17) is 21.1 Å². The number of imide groups is 1. The van der Waals surface area contributed by atoms with Gasteiger partial charge in [-0.25, -0.2) is 0 Å². The van der Waals surface area contributed by atoms with Gasteiger partial charge in [-0.15, -0.1) is 0 Å². The Morgan fingerprint density at radius 3 is 2.38 bits per heavy atom. The van der Waals surface area contributed by atoms with Crippen LogP contribution in [0.15, 0.2) is 42.5 Å². The highest BCUT2D eigenvalue weighted by atomic mass is 35.5. The summed E-state index contributed by atoms with van der Waals surface area (Å²) in [7, 11) is 1.55. The molecule has 8 nitrogen and oxygen atoms in total. The highest BCUT2D eigenvalue weighted by Gasteiger charge is 2.31. The van der Waals surface area contributed by atoms with Crippen molar-refractivity contribution in [1.82, 2.24) is 9.80 Å². The van der Waals surface area contributed by atoms with Gasteiger partial charge in [-0.05, 0) is 54.2 Å². The van der Waals surface area contributed by atoms with E-state index < -0.39 is 12.0 Å². The van der Waals surface area contributed by atoms with Crippen LogP contribution in [0.5, 0.6) is 11.5 Å². The van der Waals surface area contributed by atoms with Crippen molar-refractivity contribution in [3.63, 3.8) is 0 Å². The maximum atomic E-state index is 12.5. The minimum absolute atomic E-state index is 0.165. The first-order chi connectivity index (χ1) is 17.9. The fourth-order valence-corrected chi connectivity index (χ4v) is 5.35. The van der Waals surface area contributed by atoms with Gasteiger partial charge in [-0.1, -0.05) is 42.6 Å². The van der Waals surface area contributed by atoms with Crippen LogP contribution in [0.1, 0.15) is 55.7 Å². The summed E-state index contributed by atoms with van der Waals surface area (Å²) >= 11 is 6.06. The van der Waals surface area contributed by atoms with Crippen molar-refractivity contribution in [3.05, 3.63) is 58.6 Å². The standard InChI is InChI=1S/C28H33ClN2O6/c1-36-24-16-20(6-11-23(24)37-15-14-31-25(32)12-13-26(31)33)18-30(17-19-4-2-3-5-19)27(28(34)35)21-7-9-22(29)10-8-21/h6-11,16,19,27H,2-5,12-15,17-18H2,1H3,(H,34,35). The normalized spacial score (nSPS) is 17.0. The van der Waals surface area contributed by atoms with E-state index in [0.29, 0.717) is 41.1 Å². The van der Waals surface area contributed by atoms with Crippen molar-refractivity contribution < 1.29 is 29.0 Å². The Kier molecular flexibility index (Phi) is 9.05. The van der Waals surface area contributed by atoms with Crippen LogP contribution >= 0.6 is 11.6 Å². The van der Waals surface area contributed by atoms with E-state index in [1.165, 1.54) is 17.7 Å². The van der Waals surface area contributed by atoms with E-state index in [2.05, 4.69) is 0 Å². The molecule has 1 atom stereocenters. The molecule has 2 aromatic rings. The molecule has 0 spiro atoms. The molecule has 0 radical (unpaired) electrons. The molecule has 0 aromatic heterocycles. The average Bonchev–Trinajstić information content (AvgIpc) is 3.50. The molecule has 2 fully saturated rings. The zero-order valence-electron chi connectivity index (χ0n) is 21.0. The van der Waals surface area contributed by atoms with Gasteiger partial charge in [-0.2, -0.15) is 0 Å². The Morgan fingerprint density at radius 2 is 1.76 bits per heavy atom. The minimum atomic E-state index is -0.904. The molecule has 1 saturated heterocycles. The number of amides is 2. The van der Waals surface area contributed by atoms with Gasteiger partial charge in [0, 0.05) is 31.0 Å². The molecule has 4 rings (SSSR count). The minimum Gasteiger partial charge on any atom is -0.493 e. The molecule has 1 unspecified atom stereocenters. The number of hydrogen-bond donors (Lipinski definition) is 1. The summed E-state index contributed by atoms with van der Waals surface area (Å²) < 4.78 is 11.4. The van der Waals surface area contributed by atoms with Crippen LogP contribution in [-0.2, 0) is 20.9 Å². The molecule has 1 heterocycles. The largest absolute Gasteiger partial charge is 0.493 e. The molecule has 9 heteroatoms. The maximum absolute atomic E-state index is 12.5. The fraction of sp³-hybridized carbons (Fsp3) is 0.464. The van der Waals surface area contributed by atoms with Gasteiger partial charge < -0.3 is 14.6 Å². The molecular weight excluding hydrogens is 496 g/mol. The van der Waals surface area contributed by atoms with Gasteiger partial charge in [0.1, 0.15) is 12.6 Å². The zero-order chi connectivity index (χ0) is 26.4. The second-order valence-corrected chi connectivity index (χ2v) is 10.1. The molecule has 1 saturated carbocycles. The van der Waals surface area contributed by atoms with E-state index in [1.54, 1.807) is 37.4 Å². The lowest BCUT2D eigenvalue weighted by atomic mass is 10.0. The molecule has 1 aliphatic carbocycles. The molecule has 2 aliphatic rings. The fourth-order valence-electron chi connectivity index (χ4n) is 5.22. The number of aliphatic carboxylic acids is 1. The Labute approximate surface area is 222 Å². The third-order valence-corrected chi connectivity index (χ3v) is 7.35. The second kappa shape index (κ2) is 12.4. The molecule has 37 heavy (non-hydrogen) atoms. The van der Waals surface area contributed by atoms with Crippen LogP contribution in [-0.4, -0.2) is 59.5 Å². The van der Waals surface area contributed by atoms with Crippen LogP contribution in [0.3, 0.4) is 0 Å². The predicted octanol–water partition coefficient (Wildman–Crippen LogP) is 4.69. The lowest BCUT2D eigenvalue weighted by Crippen LogP contribution is -2.37. The van der Waals surface area contributed by atoms with Crippen LogP contribution in [0.4, 0.5) is 0 Å². The SMILES string of the molecule is COc1cc(CN(CC2CCCC2)C(C(=O)O)c2ccc(Cl)cc2)ccc1OCCN1C(=O)CCC1=O. The van der Waals surface area contributed by atoms with Gasteiger partial charge in [-0.3, -0.25) is 24.2 Å². The van der Waals surface area contributed by atoms with Gasteiger partial charge in [0.15, 0.2) is 11.5 Å². The molecule has 1 aliphatic heterocycles. The van der Waals surface area contributed by atoms with E-state index in [9.17, 15) is 19.5 Å². The van der Waals surface area contributed by atoms with E-state index in [0.717, 1.165) is 18.4 Å². The number of carboxylic acid groups (broad SMARTS) is 1. The van der Waals surface area contributed by atoms with Gasteiger partial charge in [0.05, 0.1) is 13.7 Å². The topological polar surface area (TPSA) is 96.4 Å². The van der Waals surface area contributed by atoms with Crippen LogP contribution in [0.2, 0.25) is 5.02 Å². The van der Waals surface area contributed by atoms with Gasteiger partial charge in [0.25, 0.3) is 0 Å². The summed E-state index contributed by atoms with van der Waals surface area (Å²) in [6.07, 6.45) is 5.05. The number of likely N-dealkylation sites (tertiary alicyclic amines) is 1. The van der Waals surface area contributed by atoms with Gasteiger partial charge >= 0.3 is 5.97 Å². The lowest BCUT2D eigenvalue weighted by Gasteiger charge is -2.31. The summed E-state index contributed by atoms with van der Waals surface area (Å²) in [5.41, 5.74) is 1.58. The number of carboxylic acids is 1. The first kappa shape index (κ1) is 26.9. The Hall–Kier alpha value is -3.10. The Bertz CT molecular complexity index is 1100. The number of halogens is 1. The van der Waals surface area contributed by atoms with Crippen molar-refractivity contribution in [3.8, 4) is 11.5 Å². The molecule has 2 amide bonds.